The van der Waals surface area contributed by atoms with Crippen molar-refractivity contribution in [2.24, 2.45) is 5.92 Å². The van der Waals surface area contributed by atoms with Crippen molar-refractivity contribution in [2.45, 2.75) is 70.2 Å². The van der Waals surface area contributed by atoms with Gasteiger partial charge in [-0.1, -0.05) is 24.3 Å². The van der Waals surface area contributed by atoms with Crippen LogP contribution < -0.4 is 5.46 Å². The van der Waals surface area contributed by atoms with Crippen molar-refractivity contribution in [1.29, 1.82) is 0 Å². The third-order valence-electron chi connectivity index (χ3n) is 6.22. The van der Waals surface area contributed by atoms with Crippen LogP contribution in [0.5, 0.6) is 0 Å². The molecule has 23 heavy (non-hydrogen) atoms. The fraction of sp³-hybridized carbons (Fsp3) is 0.632. The van der Waals surface area contributed by atoms with E-state index >= 15 is 0 Å². The van der Waals surface area contributed by atoms with E-state index in [-0.39, 0.29) is 18.3 Å². The minimum absolute atomic E-state index is 0.302. The van der Waals surface area contributed by atoms with Crippen molar-refractivity contribution in [2.75, 3.05) is 0 Å². The third-order valence-corrected chi connectivity index (χ3v) is 6.22. The Morgan fingerprint density at radius 1 is 0.957 bits per heavy atom. The van der Waals surface area contributed by atoms with Gasteiger partial charge in [-0.15, -0.1) is 0 Å². The highest BCUT2D eigenvalue weighted by Crippen LogP contribution is 2.55. The Hall–Kier alpha value is -0.835. The molecule has 0 atom stereocenters. The standard InChI is InChI=1S/C19H26BO3/c1-17(2)18(3,4)23-20(22-17)16-9-5-13(6-10-16)14-11-19(21,12-14)15-7-8-15/h5-6,9-10,15,21H,7-8,11-12H2,1-4H3. The SMILES string of the molecule is CC1(C)OB(c2ccc([C]3CC(O)(C4CC4)C3)cc2)OC1(C)C. The summed E-state index contributed by atoms with van der Waals surface area (Å²) in [5.41, 5.74) is 1.29. The molecule has 0 unspecified atom stereocenters. The first-order valence-corrected chi connectivity index (χ1v) is 8.73. The molecule has 3 aliphatic rings. The van der Waals surface area contributed by atoms with Gasteiger partial charge in [0.05, 0.1) is 16.8 Å². The zero-order valence-electron chi connectivity index (χ0n) is 14.6. The number of hydrogen-bond acceptors (Lipinski definition) is 3. The maximum absolute atomic E-state index is 10.5. The molecule has 1 saturated heterocycles. The van der Waals surface area contributed by atoms with Gasteiger partial charge in [0, 0.05) is 5.92 Å². The maximum Gasteiger partial charge on any atom is 0.494 e. The van der Waals surface area contributed by atoms with Crippen molar-refractivity contribution >= 4 is 12.6 Å². The first kappa shape index (κ1) is 15.7. The predicted molar refractivity (Wildman–Crippen MR) is 91.4 cm³/mol. The van der Waals surface area contributed by atoms with E-state index in [9.17, 15) is 5.11 Å². The van der Waals surface area contributed by atoms with Crippen LogP contribution in [0.25, 0.3) is 0 Å². The van der Waals surface area contributed by atoms with Gasteiger partial charge in [-0.25, -0.2) is 0 Å². The molecule has 2 saturated carbocycles. The van der Waals surface area contributed by atoms with Gasteiger partial charge in [0.2, 0.25) is 0 Å². The molecule has 0 aromatic heterocycles. The summed E-state index contributed by atoms with van der Waals surface area (Å²) >= 11 is 0. The highest BCUT2D eigenvalue weighted by molar-refractivity contribution is 6.62. The quantitative estimate of drug-likeness (QED) is 0.872. The molecule has 1 radical (unpaired) electrons. The van der Waals surface area contributed by atoms with Gasteiger partial charge in [-0.2, -0.15) is 0 Å². The molecule has 0 bridgehead atoms. The van der Waals surface area contributed by atoms with Crippen LogP contribution in [0.2, 0.25) is 0 Å². The van der Waals surface area contributed by atoms with Crippen LogP contribution in [-0.2, 0) is 9.31 Å². The van der Waals surface area contributed by atoms with Crippen LogP contribution in [0.3, 0.4) is 0 Å². The summed E-state index contributed by atoms with van der Waals surface area (Å²) in [5.74, 6) is 1.93. The summed E-state index contributed by atoms with van der Waals surface area (Å²) in [7, 11) is -0.302. The zero-order chi connectivity index (χ0) is 16.5. The molecule has 0 amide bonds. The lowest BCUT2D eigenvalue weighted by Gasteiger charge is -2.44. The summed E-state index contributed by atoms with van der Waals surface area (Å²) in [6, 6.07) is 8.47. The molecule has 1 heterocycles. The minimum Gasteiger partial charge on any atom is -0.399 e. The Labute approximate surface area is 139 Å². The highest BCUT2D eigenvalue weighted by atomic mass is 16.7. The Morgan fingerprint density at radius 3 is 1.96 bits per heavy atom. The Bertz CT molecular complexity index is 582. The van der Waals surface area contributed by atoms with Crippen molar-refractivity contribution in [3.05, 3.63) is 35.7 Å². The molecule has 1 N–H and O–H groups in total. The van der Waals surface area contributed by atoms with Crippen molar-refractivity contribution < 1.29 is 14.4 Å². The topological polar surface area (TPSA) is 38.7 Å². The van der Waals surface area contributed by atoms with E-state index in [1.54, 1.807) is 0 Å². The summed E-state index contributed by atoms with van der Waals surface area (Å²) in [4.78, 5) is 0. The second-order valence-corrected chi connectivity index (χ2v) is 8.55. The third kappa shape index (κ3) is 2.55. The monoisotopic (exact) mass is 313 g/mol. The smallest absolute Gasteiger partial charge is 0.399 e. The molecule has 4 rings (SSSR count). The number of aliphatic hydroxyl groups is 1. The molecule has 0 spiro atoms. The van der Waals surface area contributed by atoms with E-state index < -0.39 is 5.60 Å². The van der Waals surface area contributed by atoms with E-state index in [1.807, 2.05) is 0 Å². The van der Waals surface area contributed by atoms with Gasteiger partial charge in [0.25, 0.3) is 0 Å². The van der Waals surface area contributed by atoms with Gasteiger partial charge in [-0.3, -0.25) is 0 Å². The van der Waals surface area contributed by atoms with Crippen LogP contribution in [0.4, 0.5) is 0 Å². The maximum atomic E-state index is 10.5. The first-order valence-electron chi connectivity index (χ1n) is 8.73. The Kier molecular flexibility index (Phi) is 3.30. The van der Waals surface area contributed by atoms with Crippen molar-refractivity contribution in [3.8, 4) is 0 Å². The van der Waals surface area contributed by atoms with Gasteiger partial charge < -0.3 is 14.4 Å². The first-order chi connectivity index (χ1) is 10.7. The highest BCUT2D eigenvalue weighted by Gasteiger charge is 2.53. The number of benzene rings is 1. The molecule has 4 heteroatoms. The molecule has 1 aromatic carbocycles. The molecular weight excluding hydrogens is 287 g/mol. The summed E-state index contributed by atoms with van der Waals surface area (Å²) in [5, 5.41) is 10.5. The zero-order valence-corrected chi connectivity index (χ0v) is 14.6. The average molecular weight is 313 g/mol. The van der Waals surface area contributed by atoms with Crippen LogP contribution >= 0.6 is 0 Å². The van der Waals surface area contributed by atoms with E-state index in [2.05, 4.69) is 52.0 Å². The van der Waals surface area contributed by atoms with Crippen LogP contribution in [-0.4, -0.2) is 29.0 Å². The summed E-state index contributed by atoms with van der Waals surface area (Å²) in [6.07, 6.45) is 4.08. The van der Waals surface area contributed by atoms with Gasteiger partial charge >= 0.3 is 7.12 Å². The van der Waals surface area contributed by atoms with Crippen molar-refractivity contribution in [1.82, 2.24) is 0 Å². The van der Waals surface area contributed by atoms with Gasteiger partial charge in [-0.05, 0) is 70.3 Å². The second-order valence-electron chi connectivity index (χ2n) is 8.55. The van der Waals surface area contributed by atoms with Crippen LogP contribution in [0.15, 0.2) is 24.3 Å². The van der Waals surface area contributed by atoms with Crippen LogP contribution in [0.1, 0.15) is 58.9 Å². The lowest BCUT2D eigenvalue weighted by molar-refractivity contribution is -0.0331. The van der Waals surface area contributed by atoms with E-state index in [0.717, 1.165) is 18.3 Å². The summed E-state index contributed by atoms with van der Waals surface area (Å²) < 4.78 is 12.2. The molecule has 3 nitrogen and oxygen atoms in total. The average Bonchev–Trinajstić information content (AvgIpc) is 3.24. The van der Waals surface area contributed by atoms with Crippen molar-refractivity contribution in [3.63, 3.8) is 0 Å². The van der Waals surface area contributed by atoms with E-state index in [1.165, 1.54) is 24.3 Å². The fourth-order valence-corrected chi connectivity index (χ4v) is 3.66. The van der Waals surface area contributed by atoms with Gasteiger partial charge in [0.1, 0.15) is 0 Å². The predicted octanol–water partition coefficient (Wildman–Crippen LogP) is 2.84. The lowest BCUT2D eigenvalue weighted by Crippen LogP contribution is -2.45. The minimum atomic E-state index is -0.403. The molecule has 2 aliphatic carbocycles. The Morgan fingerprint density at radius 2 is 1.48 bits per heavy atom. The molecule has 3 fully saturated rings. The normalized spacial score (nSPS) is 28.7. The molecule has 1 aromatic rings. The fourth-order valence-electron chi connectivity index (χ4n) is 3.66. The van der Waals surface area contributed by atoms with E-state index in [0.29, 0.717) is 5.92 Å². The second kappa shape index (κ2) is 4.84. The Balaban J connectivity index is 1.43. The molecule has 1 aliphatic heterocycles. The van der Waals surface area contributed by atoms with E-state index in [4.69, 9.17) is 9.31 Å². The van der Waals surface area contributed by atoms with Crippen LogP contribution in [0, 0.1) is 11.8 Å². The molecular formula is C19H26BO3. The lowest BCUT2D eigenvalue weighted by atomic mass is 9.65. The summed E-state index contributed by atoms with van der Waals surface area (Å²) in [6.45, 7) is 8.29. The van der Waals surface area contributed by atoms with Gasteiger partial charge in [0.15, 0.2) is 0 Å². The largest absolute Gasteiger partial charge is 0.494 e. The number of hydrogen-bond donors (Lipinski definition) is 1. The number of rotatable bonds is 3. The molecule has 123 valence electrons.